The average molecular weight is 249 g/mol. The van der Waals surface area contributed by atoms with E-state index in [-0.39, 0.29) is 11.2 Å². The molecule has 2 N–H and O–H groups in total. The summed E-state index contributed by atoms with van der Waals surface area (Å²) in [5.74, 6) is -0.242. The maximum absolute atomic E-state index is 13.5. The zero-order valence-corrected chi connectivity index (χ0v) is 11.2. The highest BCUT2D eigenvalue weighted by Gasteiger charge is 2.10. The molecule has 0 unspecified atom stereocenters. The molecule has 2 rings (SSSR count). The Balaban J connectivity index is 2.00. The van der Waals surface area contributed by atoms with E-state index in [1.165, 1.54) is 6.07 Å². The van der Waals surface area contributed by atoms with E-state index in [0.29, 0.717) is 5.52 Å². The third-order valence-electron chi connectivity index (χ3n) is 2.88. The topological polar surface area (TPSA) is 40.7 Å². The molecule has 2 aromatic rings. The summed E-state index contributed by atoms with van der Waals surface area (Å²) in [5.41, 5.74) is 1.91. The zero-order chi connectivity index (χ0) is 13.2. The third-order valence-corrected chi connectivity index (χ3v) is 2.88. The van der Waals surface area contributed by atoms with Gasteiger partial charge in [-0.1, -0.05) is 26.8 Å². The van der Waals surface area contributed by atoms with Crippen LogP contribution in [0, 0.1) is 11.2 Å². The van der Waals surface area contributed by atoms with Crippen LogP contribution in [-0.4, -0.2) is 23.3 Å². The fourth-order valence-electron chi connectivity index (χ4n) is 1.96. The normalized spacial score (nSPS) is 12.2. The molecule has 0 aliphatic rings. The standard InChI is InChI=1S/C14H20FN3/c1-14(2,3)9-16-7-6-10-4-5-12(15)13-11(10)8-17-18-13/h4-5,8,16H,6-7,9H2,1-3H3,(H,17,18). The van der Waals surface area contributed by atoms with Crippen molar-refractivity contribution in [2.45, 2.75) is 27.2 Å². The molecule has 0 spiro atoms. The van der Waals surface area contributed by atoms with Crippen LogP contribution in [0.4, 0.5) is 4.39 Å². The first-order chi connectivity index (χ1) is 8.47. The number of nitrogens with one attached hydrogen (secondary N) is 2. The Bertz CT molecular complexity index is 525. The van der Waals surface area contributed by atoms with E-state index in [4.69, 9.17) is 0 Å². The average Bonchev–Trinajstić information content (AvgIpc) is 2.75. The molecule has 4 heteroatoms. The summed E-state index contributed by atoms with van der Waals surface area (Å²) in [6, 6.07) is 3.34. The highest BCUT2D eigenvalue weighted by molar-refractivity contribution is 5.82. The summed E-state index contributed by atoms with van der Waals surface area (Å²) < 4.78 is 13.5. The second-order valence-corrected chi connectivity index (χ2v) is 5.85. The van der Waals surface area contributed by atoms with Gasteiger partial charge in [0, 0.05) is 11.9 Å². The smallest absolute Gasteiger partial charge is 0.148 e. The molecule has 18 heavy (non-hydrogen) atoms. The molecule has 3 nitrogen and oxygen atoms in total. The van der Waals surface area contributed by atoms with Crippen molar-refractivity contribution in [2.75, 3.05) is 13.1 Å². The number of hydrogen-bond donors (Lipinski definition) is 2. The van der Waals surface area contributed by atoms with Crippen molar-refractivity contribution in [3.8, 4) is 0 Å². The van der Waals surface area contributed by atoms with Gasteiger partial charge in [-0.2, -0.15) is 5.10 Å². The largest absolute Gasteiger partial charge is 0.316 e. The summed E-state index contributed by atoms with van der Waals surface area (Å²) in [7, 11) is 0. The molecule has 1 aromatic carbocycles. The van der Waals surface area contributed by atoms with Crippen molar-refractivity contribution in [1.82, 2.24) is 15.5 Å². The van der Waals surface area contributed by atoms with Gasteiger partial charge in [0.2, 0.25) is 0 Å². The van der Waals surface area contributed by atoms with Crippen LogP contribution in [0.5, 0.6) is 0 Å². The Hall–Kier alpha value is -1.42. The van der Waals surface area contributed by atoms with Crippen LogP contribution < -0.4 is 5.32 Å². The van der Waals surface area contributed by atoms with Gasteiger partial charge in [0.25, 0.3) is 0 Å². The van der Waals surface area contributed by atoms with E-state index in [0.717, 1.165) is 30.5 Å². The Morgan fingerprint density at radius 1 is 1.33 bits per heavy atom. The predicted octanol–water partition coefficient (Wildman–Crippen LogP) is 2.88. The van der Waals surface area contributed by atoms with E-state index in [1.807, 2.05) is 6.07 Å². The van der Waals surface area contributed by atoms with E-state index >= 15 is 0 Å². The summed E-state index contributed by atoms with van der Waals surface area (Å²) in [4.78, 5) is 0. The lowest BCUT2D eigenvalue weighted by Gasteiger charge is -2.18. The van der Waals surface area contributed by atoms with Crippen LogP contribution in [0.2, 0.25) is 0 Å². The van der Waals surface area contributed by atoms with Crippen LogP contribution in [0.25, 0.3) is 10.9 Å². The maximum Gasteiger partial charge on any atom is 0.148 e. The fraction of sp³-hybridized carbons (Fsp3) is 0.500. The molecular weight excluding hydrogens is 229 g/mol. The quantitative estimate of drug-likeness (QED) is 0.818. The van der Waals surface area contributed by atoms with Crippen molar-refractivity contribution < 1.29 is 4.39 Å². The van der Waals surface area contributed by atoms with E-state index in [1.54, 1.807) is 6.20 Å². The molecular formula is C14H20FN3. The van der Waals surface area contributed by atoms with Crippen LogP contribution >= 0.6 is 0 Å². The van der Waals surface area contributed by atoms with Crippen LogP contribution in [0.3, 0.4) is 0 Å². The number of aromatic nitrogens is 2. The SMILES string of the molecule is CC(C)(C)CNCCc1ccc(F)c2[nH]ncc12. The van der Waals surface area contributed by atoms with E-state index < -0.39 is 0 Å². The number of benzene rings is 1. The van der Waals surface area contributed by atoms with Crippen molar-refractivity contribution in [3.05, 3.63) is 29.7 Å². The first-order valence-electron chi connectivity index (χ1n) is 6.28. The molecule has 0 amide bonds. The number of rotatable bonds is 4. The van der Waals surface area contributed by atoms with Crippen LogP contribution in [0.1, 0.15) is 26.3 Å². The van der Waals surface area contributed by atoms with Crippen LogP contribution in [0.15, 0.2) is 18.3 Å². The molecule has 0 fully saturated rings. The van der Waals surface area contributed by atoms with E-state index in [9.17, 15) is 4.39 Å². The second kappa shape index (κ2) is 5.06. The van der Waals surface area contributed by atoms with Crippen molar-refractivity contribution in [2.24, 2.45) is 5.41 Å². The summed E-state index contributed by atoms with van der Waals surface area (Å²) in [5, 5.41) is 10.9. The number of H-pyrrole nitrogens is 1. The second-order valence-electron chi connectivity index (χ2n) is 5.85. The van der Waals surface area contributed by atoms with Gasteiger partial charge in [-0.3, -0.25) is 5.10 Å². The minimum atomic E-state index is -0.242. The monoisotopic (exact) mass is 249 g/mol. The lowest BCUT2D eigenvalue weighted by molar-refractivity contribution is 0.382. The van der Waals surface area contributed by atoms with Gasteiger partial charge < -0.3 is 5.32 Å². The first kappa shape index (κ1) is 13.0. The summed E-state index contributed by atoms with van der Waals surface area (Å²) >= 11 is 0. The van der Waals surface area contributed by atoms with Crippen LogP contribution in [-0.2, 0) is 6.42 Å². The number of nitrogens with zero attached hydrogens (tertiary/aromatic N) is 1. The number of fused-ring (bicyclic) bond motifs is 1. The Morgan fingerprint density at radius 3 is 2.83 bits per heavy atom. The summed E-state index contributed by atoms with van der Waals surface area (Å²) in [6.45, 7) is 8.47. The molecule has 0 saturated carbocycles. The molecule has 0 saturated heterocycles. The number of aromatic amines is 1. The predicted molar refractivity (Wildman–Crippen MR) is 72.1 cm³/mol. The van der Waals surface area contributed by atoms with Gasteiger partial charge >= 0.3 is 0 Å². The minimum Gasteiger partial charge on any atom is -0.316 e. The molecule has 0 radical (unpaired) electrons. The van der Waals surface area contributed by atoms with Gasteiger partial charge in [-0.25, -0.2) is 4.39 Å². The summed E-state index contributed by atoms with van der Waals surface area (Å²) in [6.07, 6.45) is 2.57. The minimum absolute atomic E-state index is 0.242. The third kappa shape index (κ3) is 3.07. The van der Waals surface area contributed by atoms with E-state index in [2.05, 4.69) is 36.3 Å². The molecule has 0 aliphatic heterocycles. The highest BCUT2D eigenvalue weighted by atomic mass is 19.1. The molecule has 1 aromatic heterocycles. The molecule has 1 heterocycles. The van der Waals surface area contributed by atoms with Gasteiger partial charge in [0.05, 0.1) is 6.20 Å². The fourth-order valence-corrected chi connectivity index (χ4v) is 1.96. The number of halogens is 1. The van der Waals surface area contributed by atoms with Crippen molar-refractivity contribution in [1.29, 1.82) is 0 Å². The number of hydrogen-bond acceptors (Lipinski definition) is 2. The van der Waals surface area contributed by atoms with Gasteiger partial charge in [0.15, 0.2) is 0 Å². The lowest BCUT2D eigenvalue weighted by atomic mass is 9.97. The Kier molecular flexibility index (Phi) is 3.66. The van der Waals surface area contributed by atoms with Crippen molar-refractivity contribution >= 4 is 10.9 Å². The molecule has 0 bridgehead atoms. The maximum atomic E-state index is 13.5. The van der Waals surface area contributed by atoms with Gasteiger partial charge in [-0.15, -0.1) is 0 Å². The lowest BCUT2D eigenvalue weighted by Crippen LogP contribution is -2.28. The molecule has 0 atom stereocenters. The first-order valence-corrected chi connectivity index (χ1v) is 6.28. The molecule has 98 valence electrons. The Labute approximate surface area is 107 Å². The molecule has 0 aliphatic carbocycles. The zero-order valence-electron chi connectivity index (χ0n) is 11.2. The van der Waals surface area contributed by atoms with Crippen molar-refractivity contribution in [3.63, 3.8) is 0 Å². The van der Waals surface area contributed by atoms with Gasteiger partial charge in [0.1, 0.15) is 11.3 Å². The van der Waals surface area contributed by atoms with Gasteiger partial charge in [-0.05, 0) is 30.0 Å². The Morgan fingerprint density at radius 2 is 2.11 bits per heavy atom. The highest BCUT2D eigenvalue weighted by Crippen LogP contribution is 2.19.